The van der Waals surface area contributed by atoms with Crippen molar-refractivity contribution in [2.24, 2.45) is 11.7 Å². The van der Waals surface area contributed by atoms with Crippen molar-refractivity contribution in [3.05, 3.63) is 29.8 Å². The molecule has 0 aromatic heterocycles. The molecular weight excluding hydrogens is 284 g/mol. The van der Waals surface area contributed by atoms with Gasteiger partial charge < -0.3 is 16.4 Å². The Morgan fingerprint density at radius 3 is 2.32 bits per heavy atom. The van der Waals surface area contributed by atoms with E-state index in [4.69, 9.17) is 11.0 Å². The Hall–Kier alpha value is -2.88. The Bertz CT molecular complexity index is 604. The third kappa shape index (κ3) is 5.25. The Morgan fingerprint density at radius 1 is 1.27 bits per heavy atom. The number of anilines is 1. The zero-order valence-electron chi connectivity index (χ0n) is 12.4. The zero-order valence-corrected chi connectivity index (χ0v) is 12.4. The summed E-state index contributed by atoms with van der Waals surface area (Å²) in [6.45, 7) is 3.03. The summed E-state index contributed by atoms with van der Waals surface area (Å²) in [5.74, 6) is -1.77. The minimum Gasteiger partial charge on any atom is -0.368 e. The van der Waals surface area contributed by atoms with Gasteiger partial charge in [-0.05, 0) is 37.6 Å². The van der Waals surface area contributed by atoms with E-state index in [9.17, 15) is 14.4 Å². The number of hydrogen-bond donors (Lipinski definition) is 3. The lowest BCUT2D eigenvalue weighted by Gasteiger charge is -2.16. The van der Waals surface area contributed by atoms with Crippen LogP contribution in [0.1, 0.15) is 30.6 Å². The molecule has 22 heavy (non-hydrogen) atoms. The van der Waals surface area contributed by atoms with Crippen LogP contribution in [-0.2, 0) is 9.59 Å². The van der Waals surface area contributed by atoms with Gasteiger partial charge in [-0.3, -0.25) is 14.4 Å². The van der Waals surface area contributed by atoms with Gasteiger partial charge in [-0.25, -0.2) is 0 Å². The first-order chi connectivity index (χ1) is 10.3. The van der Waals surface area contributed by atoms with Crippen molar-refractivity contribution < 1.29 is 14.4 Å². The van der Waals surface area contributed by atoms with Gasteiger partial charge in [0.25, 0.3) is 5.91 Å². The molecule has 0 aliphatic rings. The number of nitriles is 1. The van der Waals surface area contributed by atoms with Crippen LogP contribution in [0, 0.1) is 17.2 Å². The van der Waals surface area contributed by atoms with E-state index in [0.29, 0.717) is 11.3 Å². The van der Waals surface area contributed by atoms with Crippen molar-refractivity contribution in [3.8, 4) is 6.07 Å². The molecule has 0 radical (unpaired) electrons. The lowest BCUT2D eigenvalue weighted by Crippen LogP contribution is -2.45. The van der Waals surface area contributed by atoms with Gasteiger partial charge in [0.2, 0.25) is 11.8 Å². The molecule has 0 heterocycles. The second-order valence-corrected chi connectivity index (χ2v) is 4.95. The van der Waals surface area contributed by atoms with E-state index in [2.05, 4.69) is 10.6 Å². The number of hydrogen-bond acceptors (Lipinski definition) is 4. The molecule has 7 nitrogen and oxygen atoms in total. The zero-order chi connectivity index (χ0) is 16.7. The van der Waals surface area contributed by atoms with Gasteiger partial charge >= 0.3 is 0 Å². The topological polar surface area (TPSA) is 125 Å². The lowest BCUT2D eigenvalue weighted by atomic mass is 10.0. The molecule has 1 aromatic carbocycles. The molecule has 3 amide bonds. The summed E-state index contributed by atoms with van der Waals surface area (Å²) in [6, 6.07) is 7.28. The number of amides is 3. The summed E-state index contributed by atoms with van der Waals surface area (Å²) in [7, 11) is 0. The first-order valence-corrected chi connectivity index (χ1v) is 6.71. The summed E-state index contributed by atoms with van der Waals surface area (Å²) < 4.78 is 0. The predicted molar refractivity (Wildman–Crippen MR) is 80.6 cm³/mol. The van der Waals surface area contributed by atoms with Gasteiger partial charge in [0.1, 0.15) is 6.04 Å². The van der Waals surface area contributed by atoms with E-state index in [0.717, 1.165) is 0 Å². The molecule has 0 spiro atoms. The average Bonchev–Trinajstić information content (AvgIpc) is 2.46. The summed E-state index contributed by atoms with van der Waals surface area (Å²) in [5.41, 5.74) is 6.12. The molecule has 1 aromatic rings. The molecule has 0 saturated carbocycles. The molecule has 0 fully saturated rings. The number of nitrogens with zero attached hydrogens (tertiary/aromatic N) is 1. The molecule has 0 unspecified atom stereocenters. The standard InChI is InChI=1S/C15H18N4O3/c1-9(8-16)7-13(14(17)21)19-15(22)11-3-5-12(6-4-11)18-10(2)20/h3-6,9,13H,7H2,1-2H3,(H2,17,21)(H,18,20)(H,19,22)/t9-,13-/m0/s1. The Morgan fingerprint density at radius 2 is 1.86 bits per heavy atom. The van der Waals surface area contributed by atoms with Crippen LogP contribution in [0.5, 0.6) is 0 Å². The smallest absolute Gasteiger partial charge is 0.251 e. The highest BCUT2D eigenvalue weighted by molar-refractivity contribution is 5.98. The Balaban J connectivity index is 2.75. The van der Waals surface area contributed by atoms with Gasteiger partial charge in [0.05, 0.1) is 6.07 Å². The van der Waals surface area contributed by atoms with Crippen molar-refractivity contribution in [3.63, 3.8) is 0 Å². The second kappa shape index (κ2) is 7.78. The normalized spacial score (nSPS) is 12.6. The van der Waals surface area contributed by atoms with E-state index in [1.807, 2.05) is 6.07 Å². The maximum absolute atomic E-state index is 12.1. The third-order valence-corrected chi connectivity index (χ3v) is 2.93. The first-order valence-electron chi connectivity index (χ1n) is 6.71. The quantitative estimate of drug-likeness (QED) is 0.717. The number of rotatable bonds is 6. The summed E-state index contributed by atoms with van der Waals surface area (Å²) in [4.78, 5) is 34.3. The molecule has 0 bridgehead atoms. The highest BCUT2D eigenvalue weighted by Crippen LogP contribution is 2.11. The van der Waals surface area contributed by atoms with Crippen LogP contribution in [-0.4, -0.2) is 23.8 Å². The maximum atomic E-state index is 12.1. The largest absolute Gasteiger partial charge is 0.368 e. The number of benzene rings is 1. The van der Waals surface area contributed by atoms with Crippen LogP contribution in [0.25, 0.3) is 0 Å². The van der Waals surface area contributed by atoms with Crippen LogP contribution in [0.3, 0.4) is 0 Å². The summed E-state index contributed by atoms with van der Waals surface area (Å²) in [5, 5.41) is 13.9. The molecule has 2 atom stereocenters. The summed E-state index contributed by atoms with van der Waals surface area (Å²) in [6.07, 6.45) is 0.154. The molecule has 0 saturated heterocycles. The molecule has 0 aliphatic heterocycles. The van der Waals surface area contributed by atoms with E-state index in [1.54, 1.807) is 19.1 Å². The van der Waals surface area contributed by atoms with E-state index >= 15 is 0 Å². The maximum Gasteiger partial charge on any atom is 0.251 e. The molecule has 7 heteroatoms. The number of carbonyl (C=O) groups excluding carboxylic acids is 3. The van der Waals surface area contributed by atoms with Gasteiger partial charge in [0.15, 0.2) is 0 Å². The van der Waals surface area contributed by atoms with Crippen molar-refractivity contribution in [1.82, 2.24) is 5.32 Å². The van der Waals surface area contributed by atoms with Crippen molar-refractivity contribution in [1.29, 1.82) is 5.26 Å². The van der Waals surface area contributed by atoms with Gasteiger partial charge in [-0.1, -0.05) is 0 Å². The van der Waals surface area contributed by atoms with Crippen molar-refractivity contribution >= 4 is 23.4 Å². The monoisotopic (exact) mass is 302 g/mol. The van der Waals surface area contributed by atoms with E-state index in [-0.39, 0.29) is 12.3 Å². The minimum atomic E-state index is -0.905. The first kappa shape index (κ1) is 17.2. The lowest BCUT2D eigenvalue weighted by molar-refractivity contribution is -0.120. The molecular formula is C15H18N4O3. The fraction of sp³-hybridized carbons (Fsp3) is 0.333. The molecule has 0 aliphatic carbocycles. The number of primary amides is 1. The van der Waals surface area contributed by atoms with Crippen LogP contribution in [0.15, 0.2) is 24.3 Å². The van der Waals surface area contributed by atoms with Crippen molar-refractivity contribution in [2.75, 3.05) is 5.32 Å². The van der Waals surface area contributed by atoms with Crippen molar-refractivity contribution in [2.45, 2.75) is 26.3 Å². The van der Waals surface area contributed by atoms with Gasteiger partial charge in [-0.2, -0.15) is 5.26 Å². The number of carbonyl (C=O) groups is 3. The van der Waals surface area contributed by atoms with Crippen LogP contribution in [0.4, 0.5) is 5.69 Å². The number of nitrogens with two attached hydrogens (primary N) is 1. The van der Waals surface area contributed by atoms with E-state index in [1.165, 1.54) is 19.1 Å². The van der Waals surface area contributed by atoms with Crippen LogP contribution < -0.4 is 16.4 Å². The van der Waals surface area contributed by atoms with Crippen LogP contribution in [0.2, 0.25) is 0 Å². The number of nitrogens with one attached hydrogen (secondary N) is 2. The Kier molecular flexibility index (Phi) is 6.08. The summed E-state index contributed by atoms with van der Waals surface area (Å²) >= 11 is 0. The average molecular weight is 302 g/mol. The second-order valence-electron chi connectivity index (χ2n) is 4.95. The molecule has 116 valence electrons. The highest BCUT2D eigenvalue weighted by atomic mass is 16.2. The highest BCUT2D eigenvalue weighted by Gasteiger charge is 2.21. The third-order valence-electron chi connectivity index (χ3n) is 2.93. The van der Waals surface area contributed by atoms with Crippen LogP contribution >= 0.6 is 0 Å². The van der Waals surface area contributed by atoms with Gasteiger partial charge in [-0.15, -0.1) is 0 Å². The molecule has 4 N–H and O–H groups in total. The Labute approximate surface area is 128 Å². The minimum absolute atomic E-state index is 0.154. The van der Waals surface area contributed by atoms with E-state index < -0.39 is 23.8 Å². The fourth-order valence-corrected chi connectivity index (χ4v) is 1.80. The fourth-order valence-electron chi connectivity index (χ4n) is 1.80. The molecule has 1 rings (SSSR count). The van der Waals surface area contributed by atoms with Gasteiger partial charge in [0, 0.05) is 24.1 Å². The predicted octanol–water partition coefficient (Wildman–Crippen LogP) is 0.778. The SMILES string of the molecule is CC(=O)Nc1ccc(C(=O)N[C@@H](C[C@H](C)C#N)C(N)=O)cc1.